The van der Waals surface area contributed by atoms with Gasteiger partial charge in [-0.25, -0.2) is 18.7 Å². The topological polar surface area (TPSA) is 132 Å². The molecule has 0 aliphatic heterocycles. The number of benzene rings is 1. The van der Waals surface area contributed by atoms with Gasteiger partial charge in [0, 0.05) is 29.2 Å². The Kier molecular flexibility index (Phi) is 4.04. The molecule has 138 valence electrons. The van der Waals surface area contributed by atoms with Crippen molar-refractivity contribution in [3.63, 3.8) is 0 Å². The van der Waals surface area contributed by atoms with Crippen LogP contribution in [0.25, 0.3) is 22.4 Å². The number of rotatable bonds is 3. The number of hydrogen-bond acceptors (Lipinski definition) is 7. The van der Waals surface area contributed by atoms with Gasteiger partial charge in [0.1, 0.15) is 28.9 Å². The van der Waals surface area contributed by atoms with E-state index in [2.05, 4.69) is 19.9 Å². The quantitative estimate of drug-likeness (QED) is 0.522. The molecule has 0 unspecified atom stereocenters. The fourth-order valence-corrected chi connectivity index (χ4v) is 2.85. The monoisotopic (exact) mass is 378 g/mol. The van der Waals surface area contributed by atoms with E-state index in [4.69, 9.17) is 16.7 Å². The molecule has 3 aromatic heterocycles. The summed E-state index contributed by atoms with van der Waals surface area (Å²) < 4.78 is 29.8. The van der Waals surface area contributed by atoms with Crippen LogP contribution in [0.4, 0.5) is 20.4 Å². The van der Waals surface area contributed by atoms with Crippen LogP contribution in [0.3, 0.4) is 0 Å². The highest BCUT2D eigenvalue weighted by atomic mass is 19.1. The first-order valence-electron chi connectivity index (χ1n) is 8.03. The van der Waals surface area contributed by atoms with Gasteiger partial charge in [0.2, 0.25) is 5.95 Å². The van der Waals surface area contributed by atoms with Gasteiger partial charge in [-0.05, 0) is 18.2 Å². The van der Waals surface area contributed by atoms with Gasteiger partial charge in [0.25, 0.3) is 0 Å². The lowest BCUT2D eigenvalue weighted by Crippen LogP contribution is -2.07. The van der Waals surface area contributed by atoms with Crippen LogP contribution in [0.2, 0.25) is 0 Å². The van der Waals surface area contributed by atoms with Gasteiger partial charge in [-0.1, -0.05) is 0 Å². The van der Waals surface area contributed by atoms with Crippen LogP contribution >= 0.6 is 0 Å². The lowest BCUT2D eigenvalue weighted by molar-refractivity contribution is 0.547. The summed E-state index contributed by atoms with van der Waals surface area (Å²) in [5, 5.41) is 9.07. The summed E-state index contributed by atoms with van der Waals surface area (Å²) in [6, 6.07) is 5.68. The van der Waals surface area contributed by atoms with Crippen molar-refractivity contribution < 1.29 is 8.78 Å². The summed E-state index contributed by atoms with van der Waals surface area (Å²) in [6.07, 6.45) is 4.32. The Morgan fingerprint density at radius 2 is 1.82 bits per heavy atom. The Bertz CT molecular complexity index is 1240. The highest BCUT2D eigenvalue weighted by molar-refractivity contribution is 5.88. The molecule has 0 aliphatic rings. The third-order valence-electron chi connectivity index (χ3n) is 4.11. The molecule has 1 aromatic carbocycles. The van der Waals surface area contributed by atoms with Crippen molar-refractivity contribution in [2.24, 2.45) is 0 Å². The van der Waals surface area contributed by atoms with Gasteiger partial charge in [0.05, 0.1) is 18.4 Å². The molecular formula is C18H12F2N8. The van der Waals surface area contributed by atoms with Crippen molar-refractivity contribution in [2.75, 3.05) is 11.5 Å². The van der Waals surface area contributed by atoms with E-state index < -0.39 is 11.6 Å². The average Bonchev–Trinajstić information content (AvgIpc) is 3.06. The first-order chi connectivity index (χ1) is 13.5. The Morgan fingerprint density at radius 3 is 2.54 bits per heavy atom. The minimum atomic E-state index is -0.771. The average molecular weight is 378 g/mol. The van der Waals surface area contributed by atoms with Gasteiger partial charge in [-0.2, -0.15) is 10.2 Å². The smallest absolute Gasteiger partial charge is 0.222 e. The van der Waals surface area contributed by atoms with Crippen molar-refractivity contribution in [3.8, 4) is 17.3 Å². The number of imidazole rings is 1. The van der Waals surface area contributed by atoms with Crippen molar-refractivity contribution in [2.45, 2.75) is 6.54 Å². The highest BCUT2D eigenvalue weighted by Crippen LogP contribution is 2.27. The zero-order valence-corrected chi connectivity index (χ0v) is 14.3. The van der Waals surface area contributed by atoms with E-state index in [9.17, 15) is 8.78 Å². The zero-order chi connectivity index (χ0) is 19.8. The molecule has 0 amide bonds. The summed E-state index contributed by atoms with van der Waals surface area (Å²) in [6.45, 7) is -0.166. The molecule has 10 heteroatoms. The number of nitriles is 1. The van der Waals surface area contributed by atoms with Crippen molar-refractivity contribution in [3.05, 3.63) is 59.7 Å². The third kappa shape index (κ3) is 2.95. The van der Waals surface area contributed by atoms with Crippen LogP contribution in [0.15, 0.2) is 36.9 Å². The number of hydrogen-bond donors (Lipinski definition) is 2. The maximum absolute atomic E-state index is 14.2. The SMILES string of the molecule is N#Cc1cncc(-c2nc(N)nc3c2ncn3Cc2c(F)cc(N)cc2F)c1. The van der Waals surface area contributed by atoms with Gasteiger partial charge >= 0.3 is 0 Å². The Hall–Kier alpha value is -4.13. The van der Waals surface area contributed by atoms with E-state index in [-0.39, 0.29) is 23.7 Å². The number of pyridine rings is 1. The molecule has 0 saturated carbocycles. The van der Waals surface area contributed by atoms with Crippen LogP contribution in [-0.4, -0.2) is 24.5 Å². The number of fused-ring (bicyclic) bond motifs is 1. The maximum atomic E-state index is 14.2. The normalized spacial score (nSPS) is 10.9. The van der Waals surface area contributed by atoms with Crippen LogP contribution < -0.4 is 11.5 Å². The van der Waals surface area contributed by atoms with Gasteiger partial charge < -0.3 is 16.0 Å². The van der Waals surface area contributed by atoms with Crippen LogP contribution in [0.5, 0.6) is 0 Å². The van der Waals surface area contributed by atoms with E-state index in [0.29, 0.717) is 28.0 Å². The van der Waals surface area contributed by atoms with E-state index in [1.165, 1.54) is 23.3 Å². The van der Waals surface area contributed by atoms with E-state index in [1.54, 1.807) is 6.07 Å². The molecule has 4 rings (SSSR count). The molecule has 0 spiro atoms. The maximum Gasteiger partial charge on any atom is 0.222 e. The van der Waals surface area contributed by atoms with E-state index in [1.807, 2.05) is 6.07 Å². The van der Waals surface area contributed by atoms with Crippen molar-refractivity contribution in [1.29, 1.82) is 5.26 Å². The first kappa shape index (κ1) is 17.3. The molecule has 3 heterocycles. The summed E-state index contributed by atoms with van der Waals surface area (Å²) in [5.41, 5.74) is 13.0. The molecule has 0 radical (unpaired) electrons. The van der Waals surface area contributed by atoms with Crippen LogP contribution in [0.1, 0.15) is 11.1 Å². The summed E-state index contributed by atoms with van der Waals surface area (Å²) in [5.74, 6) is -1.59. The standard InChI is InChI=1S/C18H12F2N8/c19-13-2-11(22)3-14(20)12(13)7-28-8-25-16-15(26-18(23)27-17(16)28)10-1-9(4-21)5-24-6-10/h1-3,5-6,8H,7,22H2,(H2,23,26,27). The van der Waals surface area contributed by atoms with Gasteiger partial charge in [-0.3, -0.25) is 4.98 Å². The molecule has 8 nitrogen and oxygen atoms in total. The molecule has 4 N–H and O–H groups in total. The van der Waals surface area contributed by atoms with Crippen molar-refractivity contribution >= 4 is 22.8 Å². The largest absolute Gasteiger partial charge is 0.399 e. The predicted octanol–water partition coefficient (Wildman–Crippen LogP) is 2.25. The Balaban J connectivity index is 1.85. The Morgan fingerprint density at radius 1 is 1.07 bits per heavy atom. The lowest BCUT2D eigenvalue weighted by Gasteiger charge is -2.09. The molecule has 0 atom stereocenters. The molecule has 28 heavy (non-hydrogen) atoms. The summed E-state index contributed by atoms with van der Waals surface area (Å²) >= 11 is 0. The van der Waals surface area contributed by atoms with Crippen LogP contribution in [0, 0.1) is 23.0 Å². The minimum absolute atomic E-state index is 0.00651. The van der Waals surface area contributed by atoms with Crippen molar-refractivity contribution in [1.82, 2.24) is 24.5 Å². The zero-order valence-electron chi connectivity index (χ0n) is 14.3. The van der Waals surface area contributed by atoms with E-state index >= 15 is 0 Å². The number of aromatic nitrogens is 5. The molecule has 0 aliphatic carbocycles. The second-order valence-electron chi connectivity index (χ2n) is 6.01. The summed E-state index contributed by atoms with van der Waals surface area (Å²) in [7, 11) is 0. The fraction of sp³-hybridized carbons (Fsp3) is 0.0556. The number of nitrogens with two attached hydrogens (primary N) is 2. The minimum Gasteiger partial charge on any atom is -0.399 e. The second kappa shape index (κ2) is 6.55. The highest BCUT2D eigenvalue weighted by Gasteiger charge is 2.17. The number of nitrogen functional groups attached to an aromatic ring is 2. The molecule has 4 aromatic rings. The third-order valence-corrected chi connectivity index (χ3v) is 4.11. The Labute approximate surface area is 157 Å². The molecular weight excluding hydrogens is 366 g/mol. The van der Waals surface area contributed by atoms with E-state index in [0.717, 1.165) is 12.1 Å². The van der Waals surface area contributed by atoms with Gasteiger partial charge in [0.15, 0.2) is 5.65 Å². The predicted molar refractivity (Wildman–Crippen MR) is 97.6 cm³/mol. The first-order valence-corrected chi connectivity index (χ1v) is 8.03. The van der Waals surface area contributed by atoms with Crippen LogP contribution in [-0.2, 0) is 6.54 Å². The second-order valence-corrected chi connectivity index (χ2v) is 6.01. The molecule has 0 saturated heterocycles. The lowest BCUT2D eigenvalue weighted by atomic mass is 10.1. The fourth-order valence-electron chi connectivity index (χ4n) is 2.85. The number of halogens is 2. The van der Waals surface area contributed by atoms with Gasteiger partial charge in [-0.15, -0.1) is 0 Å². The summed E-state index contributed by atoms with van der Waals surface area (Å²) in [4.78, 5) is 16.6. The molecule has 0 fully saturated rings. The number of nitrogens with zero attached hydrogens (tertiary/aromatic N) is 6. The number of anilines is 2. The molecule has 0 bridgehead atoms.